The van der Waals surface area contributed by atoms with Crippen LogP contribution in [0.2, 0.25) is 0 Å². The van der Waals surface area contributed by atoms with Crippen LogP contribution in [-0.4, -0.2) is 47.3 Å². The highest BCUT2D eigenvalue weighted by atomic mass is 16.6. The zero-order valence-electron chi connectivity index (χ0n) is 15.6. The van der Waals surface area contributed by atoms with E-state index < -0.39 is 0 Å². The van der Waals surface area contributed by atoms with Crippen molar-refractivity contribution in [3.05, 3.63) is 41.3 Å². The second-order valence-corrected chi connectivity index (χ2v) is 7.02. The Morgan fingerprint density at radius 3 is 2.69 bits per heavy atom. The molecule has 6 nitrogen and oxygen atoms in total. The number of nitrogens with zero attached hydrogens (tertiary/aromatic N) is 3. The van der Waals surface area contributed by atoms with Gasteiger partial charge in [-0.05, 0) is 39.3 Å². The van der Waals surface area contributed by atoms with Crippen LogP contribution in [0.3, 0.4) is 0 Å². The molecule has 2 atom stereocenters. The fourth-order valence-corrected chi connectivity index (χ4v) is 3.62. The molecule has 0 spiro atoms. The normalized spacial score (nSPS) is 20.8. The molecule has 0 saturated carbocycles. The Balaban J connectivity index is 1.41. The van der Waals surface area contributed by atoms with Gasteiger partial charge in [0.2, 0.25) is 0 Å². The maximum absolute atomic E-state index is 6.20. The van der Waals surface area contributed by atoms with Gasteiger partial charge in [0, 0.05) is 42.7 Å². The molecule has 6 heteroatoms. The zero-order chi connectivity index (χ0) is 18.1. The lowest BCUT2D eigenvalue weighted by Gasteiger charge is -2.25. The van der Waals surface area contributed by atoms with E-state index in [9.17, 15) is 0 Å². The van der Waals surface area contributed by atoms with E-state index in [1.54, 1.807) is 0 Å². The van der Waals surface area contributed by atoms with Crippen LogP contribution in [-0.2, 0) is 0 Å². The van der Waals surface area contributed by atoms with Crippen LogP contribution >= 0.6 is 0 Å². The van der Waals surface area contributed by atoms with Crippen molar-refractivity contribution in [2.45, 2.75) is 39.3 Å². The molecule has 1 saturated heterocycles. The molecule has 0 bridgehead atoms. The highest BCUT2D eigenvalue weighted by Gasteiger charge is 2.29. The summed E-state index contributed by atoms with van der Waals surface area (Å²) in [6.07, 6.45) is 1.20. The van der Waals surface area contributed by atoms with Gasteiger partial charge in [-0.15, -0.1) is 0 Å². The van der Waals surface area contributed by atoms with Gasteiger partial charge < -0.3 is 14.2 Å². The Hall–Kier alpha value is -2.34. The molecule has 26 heavy (non-hydrogen) atoms. The average molecular weight is 355 g/mol. The van der Waals surface area contributed by atoms with Crippen molar-refractivity contribution in [3.8, 4) is 17.4 Å². The van der Waals surface area contributed by atoms with Gasteiger partial charge in [0.15, 0.2) is 5.75 Å². The third kappa shape index (κ3) is 3.60. The molecule has 138 valence electrons. The quantitative estimate of drug-likeness (QED) is 0.840. The molecule has 0 amide bonds. The molecule has 2 aliphatic rings. The Labute approximate surface area is 154 Å². The van der Waals surface area contributed by atoms with E-state index in [1.807, 2.05) is 38.1 Å². The van der Waals surface area contributed by atoms with E-state index in [2.05, 4.69) is 21.8 Å². The number of rotatable bonds is 4. The summed E-state index contributed by atoms with van der Waals surface area (Å²) in [5, 5.41) is 0. The summed E-state index contributed by atoms with van der Waals surface area (Å²) in [5.74, 6) is 2.25. The van der Waals surface area contributed by atoms with Crippen molar-refractivity contribution in [2.24, 2.45) is 0 Å². The van der Waals surface area contributed by atoms with Gasteiger partial charge in [0.25, 0.3) is 5.88 Å². The van der Waals surface area contributed by atoms with Crippen LogP contribution in [0, 0.1) is 13.8 Å². The first-order valence-corrected chi connectivity index (χ1v) is 9.21. The number of hydrogen-bond acceptors (Lipinski definition) is 6. The Bertz CT molecular complexity index is 776. The highest BCUT2D eigenvalue weighted by molar-refractivity contribution is 5.36. The van der Waals surface area contributed by atoms with E-state index in [0.29, 0.717) is 19.1 Å². The molecule has 0 radical (unpaired) electrons. The molecule has 2 aromatic heterocycles. The van der Waals surface area contributed by atoms with Crippen LogP contribution in [0.15, 0.2) is 24.3 Å². The van der Waals surface area contributed by atoms with Crippen molar-refractivity contribution >= 4 is 0 Å². The number of pyridine rings is 2. The van der Waals surface area contributed by atoms with Crippen molar-refractivity contribution in [3.63, 3.8) is 0 Å². The zero-order valence-corrected chi connectivity index (χ0v) is 15.6. The minimum atomic E-state index is 0.191. The van der Waals surface area contributed by atoms with E-state index in [4.69, 9.17) is 14.2 Å². The highest BCUT2D eigenvalue weighted by Crippen LogP contribution is 2.32. The van der Waals surface area contributed by atoms with Gasteiger partial charge in [-0.3, -0.25) is 9.88 Å². The summed E-state index contributed by atoms with van der Waals surface area (Å²) in [7, 11) is 0. The van der Waals surface area contributed by atoms with E-state index >= 15 is 0 Å². The number of ether oxygens (including phenoxy) is 3. The van der Waals surface area contributed by atoms with Crippen LogP contribution in [0.5, 0.6) is 17.4 Å². The van der Waals surface area contributed by atoms with Crippen molar-refractivity contribution < 1.29 is 14.2 Å². The second-order valence-electron chi connectivity index (χ2n) is 7.02. The SMILES string of the molecule is Cc1cc(O[C@@H]2CCN(C(C)c3ccc4c(n3)OCCO4)C2)cc(C)n1. The van der Waals surface area contributed by atoms with Gasteiger partial charge in [-0.2, -0.15) is 0 Å². The number of likely N-dealkylation sites (tertiary alicyclic amines) is 1. The fraction of sp³-hybridized carbons (Fsp3) is 0.500. The summed E-state index contributed by atoms with van der Waals surface area (Å²) in [4.78, 5) is 11.5. The molecular weight excluding hydrogens is 330 g/mol. The van der Waals surface area contributed by atoms with Crippen molar-refractivity contribution in [1.82, 2.24) is 14.9 Å². The van der Waals surface area contributed by atoms with Crippen LogP contribution < -0.4 is 14.2 Å². The molecule has 1 unspecified atom stereocenters. The second kappa shape index (κ2) is 7.11. The molecule has 4 heterocycles. The van der Waals surface area contributed by atoms with Gasteiger partial charge in [0.1, 0.15) is 25.1 Å². The molecule has 1 fully saturated rings. The molecule has 4 rings (SSSR count). The third-order valence-corrected chi connectivity index (χ3v) is 4.94. The molecular formula is C20H25N3O3. The number of aryl methyl sites for hydroxylation is 2. The number of hydrogen-bond donors (Lipinski definition) is 0. The molecule has 2 aliphatic heterocycles. The number of aromatic nitrogens is 2. The lowest BCUT2D eigenvalue weighted by atomic mass is 10.2. The summed E-state index contributed by atoms with van der Waals surface area (Å²) >= 11 is 0. The standard InChI is InChI=1S/C20H25N3O3/c1-13-10-17(11-14(2)21-13)26-16-6-7-23(12-16)15(3)18-4-5-19-20(22-18)25-9-8-24-19/h4-5,10-11,15-16H,6-9,12H2,1-3H3/t15?,16-/m1/s1. The first-order valence-electron chi connectivity index (χ1n) is 9.21. The van der Waals surface area contributed by atoms with Crippen LogP contribution in [0.4, 0.5) is 0 Å². The first kappa shape index (κ1) is 17.1. The van der Waals surface area contributed by atoms with Crippen molar-refractivity contribution in [2.75, 3.05) is 26.3 Å². The van der Waals surface area contributed by atoms with Gasteiger partial charge >= 0.3 is 0 Å². The minimum absolute atomic E-state index is 0.191. The predicted octanol–water partition coefficient (Wildman–Crippen LogP) is 3.08. The lowest BCUT2D eigenvalue weighted by molar-refractivity contribution is 0.160. The topological polar surface area (TPSA) is 56.7 Å². The summed E-state index contributed by atoms with van der Waals surface area (Å²) in [5.41, 5.74) is 2.98. The third-order valence-electron chi connectivity index (χ3n) is 4.94. The van der Waals surface area contributed by atoms with E-state index in [1.165, 1.54) is 0 Å². The average Bonchev–Trinajstić information content (AvgIpc) is 3.08. The Morgan fingerprint density at radius 1 is 1.12 bits per heavy atom. The first-order chi connectivity index (χ1) is 12.6. The van der Waals surface area contributed by atoms with E-state index in [-0.39, 0.29) is 12.1 Å². The maximum atomic E-state index is 6.20. The predicted molar refractivity (Wildman–Crippen MR) is 98.0 cm³/mol. The molecule has 0 N–H and O–H groups in total. The van der Waals surface area contributed by atoms with Crippen molar-refractivity contribution in [1.29, 1.82) is 0 Å². The smallest absolute Gasteiger partial charge is 0.257 e. The Morgan fingerprint density at radius 2 is 1.88 bits per heavy atom. The van der Waals surface area contributed by atoms with Gasteiger partial charge in [0.05, 0.1) is 5.69 Å². The largest absolute Gasteiger partial charge is 0.489 e. The maximum Gasteiger partial charge on any atom is 0.257 e. The minimum Gasteiger partial charge on any atom is -0.489 e. The van der Waals surface area contributed by atoms with Crippen LogP contribution in [0.25, 0.3) is 0 Å². The number of fused-ring (bicyclic) bond motifs is 1. The summed E-state index contributed by atoms with van der Waals surface area (Å²) in [6, 6.07) is 8.20. The fourth-order valence-electron chi connectivity index (χ4n) is 3.62. The molecule has 0 aromatic carbocycles. The summed E-state index contributed by atoms with van der Waals surface area (Å²) in [6.45, 7) is 9.20. The Kier molecular flexibility index (Phi) is 4.68. The lowest BCUT2D eigenvalue weighted by Crippen LogP contribution is -2.28. The monoisotopic (exact) mass is 355 g/mol. The van der Waals surface area contributed by atoms with Crippen LogP contribution in [0.1, 0.15) is 36.5 Å². The summed E-state index contributed by atoms with van der Waals surface area (Å²) < 4.78 is 17.4. The van der Waals surface area contributed by atoms with E-state index in [0.717, 1.165) is 48.1 Å². The molecule has 2 aromatic rings. The molecule has 0 aliphatic carbocycles. The van der Waals surface area contributed by atoms with Gasteiger partial charge in [-0.1, -0.05) is 0 Å². The van der Waals surface area contributed by atoms with Gasteiger partial charge in [-0.25, -0.2) is 4.98 Å².